The maximum Gasteiger partial charge on any atom is 0.254 e. The van der Waals surface area contributed by atoms with Crippen molar-refractivity contribution in [2.24, 2.45) is 0 Å². The molecule has 0 spiro atoms. The molecule has 0 saturated heterocycles. The smallest absolute Gasteiger partial charge is 0.254 e. The van der Waals surface area contributed by atoms with E-state index in [1.807, 2.05) is 0 Å². The third kappa shape index (κ3) is 3.61. The molecule has 1 atom stereocenters. The van der Waals surface area contributed by atoms with Crippen LogP contribution in [-0.2, 0) is 4.74 Å². The molecule has 1 aromatic rings. The first-order valence-corrected chi connectivity index (χ1v) is 5.69. The standard InChI is InChI=1S/C12H14F3NO4/c1-20-5-6(2-3-17)16-12(19)7-4-8(13)10(15)11(18)9(7)14/h4,6,17-18H,2-3,5H2,1H3,(H,16,19). The third-order valence-corrected chi connectivity index (χ3v) is 2.56. The summed E-state index contributed by atoms with van der Waals surface area (Å²) < 4.78 is 44.3. The molecule has 1 rings (SSSR count). The fourth-order valence-corrected chi connectivity index (χ4v) is 1.57. The highest BCUT2D eigenvalue weighted by Crippen LogP contribution is 2.25. The number of benzene rings is 1. The highest BCUT2D eigenvalue weighted by atomic mass is 19.2. The Morgan fingerprint density at radius 3 is 2.60 bits per heavy atom. The van der Waals surface area contributed by atoms with Gasteiger partial charge in [-0.05, 0) is 12.5 Å². The number of hydrogen-bond acceptors (Lipinski definition) is 4. The van der Waals surface area contributed by atoms with Gasteiger partial charge in [0.1, 0.15) is 0 Å². The summed E-state index contributed by atoms with van der Waals surface area (Å²) in [5, 5.41) is 20.1. The van der Waals surface area contributed by atoms with E-state index in [0.717, 1.165) is 0 Å². The number of carbonyl (C=O) groups excluding carboxylic acids is 1. The van der Waals surface area contributed by atoms with Crippen LogP contribution in [0.25, 0.3) is 0 Å². The van der Waals surface area contributed by atoms with Crippen LogP contribution in [0.3, 0.4) is 0 Å². The number of aliphatic hydroxyl groups excluding tert-OH is 1. The van der Waals surface area contributed by atoms with E-state index >= 15 is 0 Å². The highest BCUT2D eigenvalue weighted by molar-refractivity contribution is 5.95. The minimum absolute atomic E-state index is 0.0452. The molecule has 3 N–H and O–H groups in total. The molecule has 0 aliphatic carbocycles. The van der Waals surface area contributed by atoms with Crippen LogP contribution < -0.4 is 5.32 Å². The molecule has 0 fully saturated rings. The largest absolute Gasteiger partial charge is 0.503 e. The number of halogens is 3. The number of aliphatic hydroxyl groups is 1. The highest BCUT2D eigenvalue weighted by Gasteiger charge is 2.23. The number of rotatable bonds is 6. The summed E-state index contributed by atoms with van der Waals surface area (Å²) in [5.74, 6) is -7.46. The zero-order valence-corrected chi connectivity index (χ0v) is 10.6. The summed E-state index contributed by atoms with van der Waals surface area (Å²) in [7, 11) is 1.36. The lowest BCUT2D eigenvalue weighted by Crippen LogP contribution is -2.39. The minimum Gasteiger partial charge on any atom is -0.503 e. The molecule has 0 saturated carbocycles. The average Bonchev–Trinajstić information content (AvgIpc) is 2.41. The van der Waals surface area contributed by atoms with Crippen LogP contribution in [0, 0.1) is 17.5 Å². The number of amides is 1. The first kappa shape index (κ1) is 16.3. The fraction of sp³-hybridized carbons (Fsp3) is 0.417. The Morgan fingerprint density at radius 1 is 1.40 bits per heavy atom. The summed E-state index contributed by atoms with van der Waals surface area (Å²) in [5.41, 5.74) is -0.833. The number of phenols is 1. The van der Waals surface area contributed by atoms with Gasteiger partial charge in [-0.25, -0.2) is 8.78 Å². The molecule has 0 radical (unpaired) electrons. The van der Waals surface area contributed by atoms with E-state index in [2.05, 4.69) is 5.32 Å². The number of aromatic hydroxyl groups is 1. The number of phenolic OH excluding ortho intramolecular Hbond substituents is 1. The second-order valence-corrected chi connectivity index (χ2v) is 4.02. The van der Waals surface area contributed by atoms with E-state index in [9.17, 15) is 18.0 Å². The van der Waals surface area contributed by atoms with Crippen molar-refractivity contribution >= 4 is 5.91 Å². The molecule has 112 valence electrons. The number of hydrogen-bond donors (Lipinski definition) is 3. The van der Waals surface area contributed by atoms with Crippen molar-refractivity contribution in [3.8, 4) is 5.75 Å². The predicted octanol–water partition coefficient (Wildman–Crippen LogP) is 0.937. The average molecular weight is 293 g/mol. The molecular weight excluding hydrogens is 279 g/mol. The zero-order valence-electron chi connectivity index (χ0n) is 10.6. The Hall–Kier alpha value is -1.80. The van der Waals surface area contributed by atoms with E-state index in [1.54, 1.807) is 0 Å². The van der Waals surface area contributed by atoms with Crippen LogP contribution in [0.5, 0.6) is 5.75 Å². The molecule has 0 bridgehead atoms. The number of carbonyl (C=O) groups is 1. The van der Waals surface area contributed by atoms with Gasteiger partial charge in [0.05, 0.1) is 18.2 Å². The maximum atomic E-state index is 13.5. The number of ether oxygens (including phenoxy) is 1. The molecule has 0 aliphatic heterocycles. The molecule has 0 aliphatic rings. The third-order valence-electron chi connectivity index (χ3n) is 2.56. The quantitative estimate of drug-likeness (QED) is 0.682. The summed E-state index contributed by atoms with van der Waals surface area (Å²) in [4.78, 5) is 11.8. The monoisotopic (exact) mass is 293 g/mol. The zero-order chi connectivity index (χ0) is 15.3. The first-order chi connectivity index (χ1) is 9.42. The van der Waals surface area contributed by atoms with E-state index < -0.39 is 40.7 Å². The van der Waals surface area contributed by atoms with Crippen molar-refractivity contribution in [2.75, 3.05) is 20.3 Å². The van der Waals surface area contributed by atoms with E-state index in [4.69, 9.17) is 14.9 Å². The molecule has 0 heterocycles. The molecule has 1 aromatic carbocycles. The van der Waals surface area contributed by atoms with E-state index in [-0.39, 0.29) is 19.6 Å². The second-order valence-electron chi connectivity index (χ2n) is 4.02. The normalized spacial score (nSPS) is 12.2. The van der Waals surface area contributed by atoms with Crippen LogP contribution in [0.2, 0.25) is 0 Å². The van der Waals surface area contributed by atoms with Gasteiger partial charge < -0.3 is 20.3 Å². The topological polar surface area (TPSA) is 78.8 Å². The van der Waals surface area contributed by atoms with Crippen LogP contribution >= 0.6 is 0 Å². The lowest BCUT2D eigenvalue weighted by molar-refractivity contribution is 0.0873. The van der Waals surface area contributed by atoms with Gasteiger partial charge in [-0.1, -0.05) is 0 Å². The van der Waals surface area contributed by atoms with Crippen LogP contribution in [0.15, 0.2) is 6.07 Å². The summed E-state index contributed by atoms with van der Waals surface area (Å²) in [6.07, 6.45) is 0.136. The van der Waals surface area contributed by atoms with Gasteiger partial charge in [-0.15, -0.1) is 0 Å². The van der Waals surface area contributed by atoms with Crippen LogP contribution in [-0.4, -0.2) is 42.5 Å². The van der Waals surface area contributed by atoms with Gasteiger partial charge >= 0.3 is 0 Å². The summed E-state index contributed by atoms with van der Waals surface area (Å²) in [6.45, 7) is -0.205. The van der Waals surface area contributed by atoms with Crippen molar-refractivity contribution in [2.45, 2.75) is 12.5 Å². The predicted molar refractivity (Wildman–Crippen MR) is 62.8 cm³/mol. The first-order valence-electron chi connectivity index (χ1n) is 5.69. The summed E-state index contributed by atoms with van der Waals surface area (Å²) >= 11 is 0. The van der Waals surface area contributed by atoms with E-state index in [0.29, 0.717) is 6.07 Å². The van der Waals surface area contributed by atoms with Crippen molar-refractivity contribution in [1.82, 2.24) is 5.32 Å². The van der Waals surface area contributed by atoms with Crippen molar-refractivity contribution in [1.29, 1.82) is 0 Å². The maximum absolute atomic E-state index is 13.5. The Morgan fingerprint density at radius 2 is 2.05 bits per heavy atom. The second kappa shape index (κ2) is 7.11. The minimum atomic E-state index is -1.76. The number of nitrogens with one attached hydrogen (secondary N) is 1. The lowest BCUT2D eigenvalue weighted by atomic mass is 10.1. The summed E-state index contributed by atoms with van der Waals surface area (Å²) in [6, 6.07) is -0.283. The molecular formula is C12H14F3NO4. The molecule has 1 unspecified atom stereocenters. The van der Waals surface area contributed by atoms with Gasteiger partial charge in [0.15, 0.2) is 17.4 Å². The number of methoxy groups -OCH3 is 1. The molecule has 0 aromatic heterocycles. The molecule has 20 heavy (non-hydrogen) atoms. The lowest BCUT2D eigenvalue weighted by Gasteiger charge is -2.17. The molecule has 5 nitrogen and oxygen atoms in total. The Kier molecular flexibility index (Phi) is 5.78. The van der Waals surface area contributed by atoms with Crippen molar-refractivity contribution in [3.05, 3.63) is 29.1 Å². The van der Waals surface area contributed by atoms with Crippen molar-refractivity contribution in [3.63, 3.8) is 0 Å². The van der Waals surface area contributed by atoms with Gasteiger partial charge in [0.2, 0.25) is 5.82 Å². The van der Waals surface area contributed by atoms with E-state index in [1.165, 1.54) is 7.11 Å². The van der Waals surface area contributed by atoms with Crippen LogP contribution in [0.4, 0.5) is 13.2 Å². The van der Waals surface area contributed by atoms with Gasteiger partial charge in [-0.2, -0.15) is 4.39 Å². The van der Waals surface area contributed by atoms with Crippen LogP contribution in [0.1, 0.15) is 16.8 Å². The molecule has 8 heteroatoms. The Bertz CT molecular complexity index is 490. The Balaban J connectivity index is 2.97. The van der Waals surface area contributed by atoms with Crippen molar-refractivity contribution < 1.29 is 32.9 Å². The Labute approximate surface area is 113 Å². The van der Waals surface area contributed by atoms with Gasteiger partial charge in [0.25, 0.3) is 5.91 Å². The molecule has 1 amide bonds. The van der Waals surface area contributed by atoms with Gasteiger partial charge in [-0.3, -0.25) is 4.79 Å². The fourth-order valence-electron chi connectivity index (χ4n) is 1.57. The van der Waals surface area contributed by atoms with Gasteiger partial charge in [0, 0.05) is 13.7 Å². The SMILES string of the molecule is COCC(CCO)NC(=O)c1cc(F)c(F)c(O)c1F.